The maximum Gasteiger partial charge on any atom is 0.235 e. The largest absolute Gasteiger partial charge is 0.492 e. The van der Waals surface area contributed by atoms with E-state index in [4.69, 9.17) is 21.4 Å². The highest BCUT2D eigenvalue weighted by Gasteiger charge is 2.48. The van der Waals surface area contributed by atoms with Crippen molar-refractivity contribution in [2.75, 3.05) is 31.6 Å². The molecule has 1 amide bonds. The van der Waals surface area contributed by atoms with Gasteiger partial charge in [0.05, 0.1) is 11.5 Å². The molecular formula is C33H45ClN2O4. The highest BCUT2D eigenvalue weighted by molar-refractivity contribution is 6.31. The van der Waals surface area contributed by atoms with Gasteiger partial charge in [-0.25, -0.2) is 0 Å². The molecule has 5 rings (SSSR count). The summed E-state index contributed by atoms with van der Waals surface area (Å²) >= 11 is 6.20. The van der Waals surface area contributed by atoms with Crippen LogP contribution in [0.5, 0.6) is 5.75 Å². The van der Waals surface area contributed by atoms with Gasteiger partial charge < -0.3 is 20.0 Å². The number of aryl methyl sites for hydroxylation is 2. The number of ketones is 1. The van der Waals surface area contributed by atoms with Gasteiger partial charge in [0.15, 0.2) is 0 Å². The number of piperidine rings is 1. The molecule has 2 aromatic carbocycles. The molecule has 1 atom stereocenters. The number of anilines is 1. The zero-order valence-electron chi connectivity index (χ0n) is 24.5. The van der Waals surface area contributed by atoms with Gasteiger partial charge in [-0.1, -0.05) is 37.9 Å². The number of nitrogens with one attached hydrogen (secondary N) is 1. The molecule has 1 aliphatic carbocycles. The second kappa shape index (κ2) is 13.5. The highest BCUT2D eigenvalue weighted by atomic mass is 35.5. The topological polar surface area (TPSA) is 78.9 Å². The van der Waals surface area contributed by atoms with Crippen molar-refractivity contribution < 1.29 is 19.4 Å². The van der Waals surface area contributed by atoms with Crippen LogP contribution in [0, 0.1) is 18.8 Å². The lowest BCUT2D eigenvalue weighted by molar-refractivity contribution is -0.122. The molecule has 0 bridgehead atoms. The molecule has 0 aromatic heterocycles. The number of nitrogens with zero attached hydrogens (tertiary/aromatic N) is 1. The van der Waals surface area contributed by atoms with E-state index in [9.17, 15) is 9.59 Å². The van der Waals surface area contributed by atoms with Crippen LogP contribution in [0.4, 0.5) is 5.69 Å². The molecule has 2 fully saturated rings. The molecule has 1 spiro atoms. The van der Waals surface area contributed by atoms with E-state index in [-0.39, 0.29) is 17.8 Å². The molecule has 2 aliphatic heterocycles. The number of hydrogen-bond acceptors (Lipinski definition) is 5. The lowest BCUT2D eigenvalue weighted by atomic mass is 9.73. The number of hydrogen-bond donors (Lipinski definition) is 2. The molecule has 7 heteroatoms. The van der Waals surface area contributed by atoms with Gasteiger partial charge in [-0.05, 0) is 118 Å². The van der Waals surface area contributed by atoms with Gasteiger partial charge in [-0.3, -0.25) is 9.69 Å². The van der Waals surface area contributed by atoms with Crippen LogP contribution in [0.1, 0.15) is 76.0 Å². The maximum absolute atomic E-state index is 12.8. The molecule has 2 N–H and O–H groups in total. The Morgan fingerprint density at radius 2 is 1.93 bits per heavy atom. The standard InChI is InChI=1S/C25H29ClN2O3.C8H16O/c1-17-3-7-21(15-19(17)5-4-18(2)29)31-14-13-28-11-9-25(10-12-28)22-16-20(26)6-8-23(22)27-24(25)30;1-3-6(2)7-4-8(9)5-7/h3,6-8,15-16H,4-5,9-14H2,1-2H3,(H,27,30);6-9H,3-5H2,1-2H3. The number of aliphatic hydroxyl groups is 1. The summed E-state index contributed by atoms with van der Waals surface area (Å²) in [5, 5.41) is 12.7. The monoisotopic (exact) mass is 568 g/mol. The number of benzene rings is 2. The second-order valence-corrected chi connectivity index (χ2v) is 12.4. The summed E-state index contributed by atoms with van der Waals surface area (Å²) in [5.74, 6) is 2.79. The van der Waals surface area contributed by atoms with Gasteiger partial charge in [-0.15, -0.1) is 0 Å². The Kier molecular flexibility index (Phi) is 10.3. The SMILES string of the molecule is CC(=O)CCc1cc(OCCN2CCC3(CC2)C(=O)Nc2ccc(Cl)cc23)ccc1C.CCC(C)C1CC(O)C1. The van der Waals surface area contributed by atoms with E-state index in [1.54, 1.807) is 6.92 Å². The van der Waals surface area contributed by atoms with Crippen molar-refractivity contribution >= 4 is 29.0 Å². The van der Waals surface area contributed by atoms with Gasteiger partial charge in [-0.2, -0.15) is 0 Å². The summed E-state index contributed by atoms with van der Waals surface area (Å²) in [5.41, 5.74) is 3.83. The van der Waals surface area contributed by atoms with Crippen LogP contribution in [-0.2, 0) is 21.4 Å². The minimum atomic E-state index is -0.458. The number of amides is 1. The van der Waals surface area contributed by atoms with E-state index in [0.717, 1.165) is 86.1 Å². The average Bonchev–Trinajstić information content (AvgIpc) is 3.18. The smallest absolute Gasteiger partial charge is 0.235 e. The van der Waals surface area contributed by atoms with Crippen LogP contribution >= 0.6 is 11.6 Å². The summed E-state index contributed by atoms with van der Waals surface area (Å²) in [4.78, 5) is 26.4. The molecular weight excluding hydrogens is 524 g/mol. The van der Waals surface area contributed by atoms with Crippen LogP contribution in [0.2, 0.25) is 5.02 Å². The van der Waals surface area contributed by atoms with Gasteiger partial charge in [0.25, 0.3) is 0 Å². The van der Waals surface area contributed by atoms with Crippen molar-refractivity contribution in [3.8, 4) is 5.75 Å². The number of ether oxygens (including phenoxy) is 1. The van der Waals surface area contributed by atoms with Gasteiger partial charge in [0.1, 0.15) is 18.1 Å². The molecule has 0 radical (unpaired) electrons. The Balaban J connectivity index is 0.000000350. The number of fused-ring (bicyclic) bond motifs is 2. The molecule has 1 saturated carbocycles. The highest BCUT2D eigenvalue weighted by Crippen LogP contribution is 2.45. The molecule has 40 heavy (non-hydrogen) atoms. The Hall–Kier alpha value is -2.41. The molecule has 2 aromatic rings. The van der Waals surface area contributed by atoms with Crippen LogP contribution in [0.3, 0.4) is 0 Å². The fourth-order valence-corrected chi connectivity index (χ4v) is 6.25. The first-order valence-electron chi connectivity index (χ1n) is 14.8. The number of likely N-dealkylation sites (tertiary alicyclic amines) is 1. The number of aliphatic hydroxyl groups excluding tert-OH is 1. The lowest BCUT2D eigenvalue weighted by Gasteiger charge is -2.38. The zero-order chi connectivity index (χ0) is 28.9. The fraction of sp³-hybridized carbons (Fsp3) is 0.576. The molecule has 2 heterocycles. The molecule has 3 aliphatic rings. The van der Waals surface area contributed by atoms with E-state index in [0.29, 0.717) is 18.1 Å². The van der Waals surface area contributed by atoms with Crippen LogP contribution in [0.15, 0.2) is 36.4 Å². The number of halogens is 1. The number of carbonyl (C=O) groups is 2. The van der Waals surface area contributed by atoms with Gasteiger partial charge >= 0.3 is 0 Å². The summed E-state index contributed by atoms with van der Waals surface area (Å²) in [6.07, 6.45) is 6.27. The van der Waals surface area contributed by atoms with Gasteiger partial charge in [0, 0.05) is 23.7 Å². The lowest BCUT2D eigenvalue weighted by Crippen LogP contribution is -2.47. The fourth-order valence-electron chi connectivity index (χ4n) is 6.08. The predicted octanol–water partition coefficient (Wildman–Crippen LogP) is 6.34. The quantitative estimate of drug-likeness (QED) is 0.369. The Morgan fingerprint density at radius 1 is 1.20 bits per heavy atom. The van der Waals surface area contributed by atoms with Crippen LogP contribution < -0.4 is 10.1 Å². The second-order valence-electron chi connectivity index (χ2n) is 12.0. The van der Waals surface area contributed by atoms with Gasteiger partial charge in [0.2, 0.25) is 5.91 Å². The van der Waals surface area contributed by atoms with Crippen molar-refractivity contribution in [3.63, 3.8) is 0 Å². The normalized spacial score (nSPS) is 22.0. The first kappa shape index (κ1) is 30.5. The molecule has 1 unspecified atom stereocenters. The molecule has 1 saturated heterocycles. The summed E-state index contributed by atoms with van der Waals surface area (Å²) < 4.78 is 6.00. The van der Waals surface area contributed by atoms with Crippen molar-refractivity contribution in [2.24, 2.45) is 11.8 Å². The summed E-state index contributed by atoms with van der Waals surface area (Å²) in [7, 11) is 0. The third-order valence-corrected chi connectivity index (χ3v) is 9.47. The first-order chi connectivity index (χ1) is 19.1. The third-order valence-electron chi connectivity index (χ3n) is 9.23. The number of Topliss-reactive ketones (excluding diaryl/α,β-unsaturated/α-hetero) is 1. The summed E-state index contributed by atoms with van der Waals surface area (Å²) in [6, 6.07) is 11.7. The Morgan fingerprint density at radius 3 is 2.58 bits per heavy atom. The predicted molar refractivity (Wildman–Crippen MR) is 161 cm³/mol. The zero-order valence-corrected chi connectivity index (χ0v) is 25.2. The average molecular weight is 569 g/mol. The van der Waals surface area contributed by atoms with E-state index in [1.807, 2.05) is 30.3 Å². The van der Waals surface area contributed by atoms with E-state index in [1.165, 1.54) is 12.0 Å². The Labute approximate surface area is 244 Å². The Bertz CT molecular complexity index is 1180. The van der Waals surface area contributed by atoms with Crippen LogP contribution in [-0.4, -0.2) is 54.0 Å². The van der Waals surface area contributed by atoms with Crippen molar-refractivity contribution in [2.45, 2.75) is 84.2 Å². The third kappa shape index (κ3) is 7.26. The first-order valence-corrected chi connectivity index (χ1v) is 15.2. The number of rotatable bonds is 9. The summed E-state index contributed by atoms with van der Waals surface area (Å²) in [6.45, 7) is 11.3. The molecule has 218 valence electrons. The van der Waals surface area contributed by atoms with Crippen molar-refractivity contribution in [1.82, 2.24) is 4.90 Å². The van der Waals surface area contributed by atoms with Crippen molar-refractivity contribution in [1.29, 1.82) is 0 Å². The number of carbonyl (C=O) groups excluding carboxylic acids is 2. The van der Waals surface area contributed by atoms with E-state index < -0.39 is 5.41 Å². The maximum atomic E-state index is 12.8. The van der Waals surface area contributed by atoms with Crippen LogP contribution in [0.25, 0.3) is 0 Å². The van der Waals surface area contributed by atoms with E-state index >= 15 is 0 Å². The minimum absolute atomic E-state index is 0.0315. The van der Waals surface area contributed by atoms with E-state index in [2.05, 4.69) is 37.1 Å². The minimum Gasteiger partial charge on any atom is -0.492 e. The molecule has 6 nitrogen and oxygen atoms in total. The van der Waals surface area contributed by atoms with Crippen molar-refractivity contribution in [3.05, 3.63) is 58.1 Å².